The number of morpholine rings is 1. The first-order valence-corrected chi connectivity index (χ1v) is 5.61. The highest BCUT2D eigenvalue weighted by Gasteiger charge is 2.12. The topological polar surface area (TPSA) is 112 Å². The number of nitrogens with zero attached hydrogens (tertiary/aromatic N) is 4. The Bertz CT molecular complexity index is 446. The number of carbonyl (C=O) groups excluding carboxylic acids is 2. The summed E-state index contributed by atoms with van der Waals surface area (Å²) in [5.74, 6) is 4.03. The molecule has 0 aromatic rings. The molecule has 0 aromatic carbocycles. The van der Waals surface area contributed by atoms with Gasteiger partial charge in [0.05, 0.1) is 13.2 Å². The molecule has 0 atom stereocenters. The Kier molecular flexibility index (Phi) is 5.66. The third kappa shape index (κ3) is 4.87. The van der Waals surface area contributed by atoms with Crippen LogP contribution in [0.5, 0.6) is 0 Å². The van der Waals surface area contributed by atoms with Gasteiger partial charge >= 0.3 is 0 Å². The molecule has 0 unspecified atom stereocenters. The lowest BCUT2D eigenvalue weighted by Gasteiger charge is -2.25. The minimum atomic E-state index is -0.745. The van der Waals surface area contributed by atoms with Gasteiger partial charge in [-0.25, -0.2) is 10.9 Å². The Labute approximate surface area is 110 Å². The molecule has 1 fully saturated rings. The van der Waals surface area contributed by atoms with Gasteiger partial charge < -0.3 is 9.64 Å². The van der Waals surface area contributed by atoms with Crippen molar-refractivity contribution in [2.24, 2.45) is 10.8 Å². The number of nitrogens with two attached hydrogens (primary N) is 1. The predicted molar refractivity (Wildman–Crippen MR) is 66.3 cm³/mol. The van der Waals surface area contributed by atoms with Gasteiger partial charge in [-0.15, -0.1) is 0 Å². The highest BCUT2D eigenvalue weighted by atomic mass is 16.5. The third-order valence-electron chi connectivity index (χ3n) is 2.37. The summed E-state index contributed by atoms with van der Waals surface area (Å²) in [6.45, 7) is 3.55. The van der Waals surface area contributed by atoms with Gasteiger partial charge in [0, 0.05) is 26.2 Å². The molecular weight excluding hydrogens is 250 g/mol. The molecular formula is C11H15N5O3. The van der Waals surface area contributed by atoms with Gasteiger partial charge in [-0.05, 0) is 0 Å². The highest BCUT2D eigenvalue weighted by molar-refractivity contribution is 6.02. The summed E-state index contributed by atoms with van der Waals surface area (Å²) >= 11 is 0. The Morgan fingerprint density at radius 1 is 1.47 bits per heavy atom. The van der Waals surface area contributed by atoms with Crippen LogP contribution < -0.4 is 5.84 Å². The first kappa shape index (κ1) is 14.8. The normalized spacial score (nSPS) is 16.3. The van der Waals surface area contributed by atoms with Crippen LogP contribution in [0.25, 0.3) is 0 Å². The standard InChI is InChI=1S/C11H15N5O3/c1-9(17)16(13)8-14-11(18)10(6-12)7-15-2-4-19-5-3-15/h7-8H,2-5,13H2,1H3. The van der Waals surface area contributed by atoms with Crippen molar-refractivity contribution in [1.29, 1.82) is 5.26 Å². The molecule has 0 radical (unpaired) electrons. The van der Waals surface area contributed by atoms with Crippen LogP contribution in [0.1, 0.15) is 6.92 Å². The van der Waals surface area contributed by atoms with Crippen molar-refractivity contribution in [3.63, 3.8) is 0 Å². The van der Waals surface area contributed by atoms with Crippen molar-refractivity contribution in [2.45, 2.75) is 6.92 Å². The maximum atomic E-state index is 11.6. The molecule has 0 saturated carbocycles. The van der Waals surface area contributed by atoms with Crippen LogP contribution in [0.4, 0.5) is 0 Å². The van der Waals surface area contributed by atoms with Crippen LogP contribution in [0.2, 0.25) is 0 Å². The van der Waals surface area contributed by atoms with Crippen molar-refractivity contribution in [3.05, 3.63) is 11.8 Å². The van der Waals surface area contributed by atoms with Crippen molar-refractivity contribution in [3.8, 4) is 6.07 Å². The zero-order valence-electron chi connectivity index (χ0n) is 10.6. The summed E-state index contributed by atoms with van der Waals surface area (Å²) in [4.78, 5) is 27.7. The Balaban J connectivity index is 2.68. The predicted octanol–water partition coefficient (Wildman–Crippen LogP) is -0.997. The highest BCUT2D eigenvalue weighted by Crippen LogP contribution is 2.03. The first-order chi connectivity index (χ1) is 9.04. The van der Waals surface area contributed by atoms with Crippen LogP contribution in [-0.2, 0) is 14.3 Å². The van der Waals surface area contributed by atoms with Gasteiger partial charge in [-0.3, -0.25) is 9.59 Å². The van der Waals surface area contributed by atoms with E-state index in [9.17, 15) is 9.59 Å². The number of aliphatic imine (C=N–C) groups is 1. The summed E-state index contributed by atoms with van der Waals surface area (Å²) in [6, 6.07) is 1.77. The van der Waals surface area contributed by atoms with E-state index in [2.05, 4.69) is 4.99 Å². The van der Waals surface area contributed by atoms with Gasteiger partial charge in [0.15, 0.2) is 0 Å². The molecule has 1 rings (SSSR count). The van der Waals surface area contributed by atoms with E-state index in [4.69, 9.17) is 15.8 Å². The number of hydrazine groups is 1. The quantitative estimate of drug-likeness (QED) is 0.133. The second-order valence-corrected chi connectivity index (χ2v) is 3.78. The molecule has 8 heteroatoms. The number of hydrogen-bond donors (Lipinski definition) is 1. The SMILES string of the molecule is CC(=O)N(N)C=NC(=O)C(C#N)=CN1CCOCC1. The van der Waals surface area contributed by atoms with Gasteiger partial charge in [-0.1, -0.05) is 0 Å². The molecule has 1 saturated heterocycles. The largest absolute Gasteiger partial charge is 0.378 e. The van der Waals surface area contributed by atoms with Crippen LogP contribution in [0, 0.1) is 11.3 Å². The molecule has 2 amide bonds. The smallest absolute Gasteiger partial charge is 0.290 e. The van der Waals surface area contributed by atoms with E-state index in [-0.39, 0.29) is 5.57 Å². The lowest BCUT2D eigenvalue weighted by Crippen LogP contribution is -2.34. The molecule has 1 heterocycles. The van der Waals surface area contributed by atoms with E-state index in [1.807, 2.05) is 0 Å². The van der Waals surface area contributed by atoms with Crippen molar-refractivity contribution in [1.82, 2.24) is 9.91 Å². The monoisotopic (exact) mass is 265 g/mol. The van der Waals surface area contributed by atoms with Crippen LogP contribution >= 0.6 is 0 Å². The minimum Gasteiger partial charge on any atom is -0.378 e. The minimum absolute atomic E-state index is 0.116. The molecule has 0 aliphatic carbocycles. The summed E-state index contributed by atoms with van der Waals surface area (Å²) < 4.78 is 5.15. The molecule has 8 nitrogen and oxygen atoms in total. The second kappa shape index (κ2) is 7.25. The van der Waals surface area contributed by atoms with Crippen LogP contribution in [0.3, 0.4) is 0 Å². The maximum Gasteiger partial charge on any atom is 0.290 e. The van der Waals surface area contributed by atoms with E-state index >= 15 is 0 Å². The van der Waals surface area contributed by atoms with E-state index in [0.717, 1.165) is 6.34 Å². The Morgan fingerprint density at radius 2 is 2.11 bits per heavy atom. The molecule has 1 aliphatic rings. The van der Waals surface area contributed by atoms with Gasteiger partial charge in [0.1, 0.15) is 18.0 Å². The van der Waals surface area contributed by atoms with E-state index in [1.54, 1.807) is 11.0 Å². The molecule has 19 heavy (non-hydrogen) atoms. The molecule has 1 aliphatic heterocycles. The van der Waals surface area contributed by atoms with Crippen LogP contribution in [0.15, 0.2) is 16.8 Å². The fourth-order valence-corrected chi connectivity index (χ4v) is 1.29. The van der Waals surface area contributed by atoms with Crippen molar-refractivity contribution in [2.75, 3.05) is 26.3 Å². The molecule has 0 aromatic heterocycles. The lowest BCUT2D eigenvalue weighted by molar-refractivity contribution is -0.125. The summed E-state index contributed by atoms with van der Waals surface area (Å²) in [6.07, 6.45) is 2.33. The van der Waals surface area contributed by atoms with E-state index in [0.29, 0.717) is 31.3 Å². The second-order valence-electron chi connectivity index (χ2n) is 3.78. The van der Waals surface area contributed by atoms with Crippen molar-refractivity contribution < 1.29 is 14.3 Å². The zero-order valence-corrected chi connectivity index (χ0v) is 10.6. The maximum absolute atomic E-state index is 11.6. The molecule has 0 spiro atoms. The van der Waals surface area contributed by atoms with Gasteiger partial charge in [0.2, 0.25) is 5.91 Å². The van der Waals surface area contributed by atoms with Gasteiger partial charge in [0.25, 0.3) is 5.91 Å². The number of ether oxygens (including phenoxy) is 1. The lowest BCUT2D eigenvalue weighted by atomic mass is 10.3. The number of amides is 2. The average Bonchev–Trinajstić information content (AvgIpc) is 2.42. The fraction of sp³-hybridized carbons (Fsp3) is 0.455. The number of carbonyl (C=O) groups is 2. The average molecular weight is 265 g/mol. The summed E-state index contributed by atoms with van der Waals surface area (Å²) in [5, 5.41) is 9.59. The summed E-state index contributed by atoms with van der Waals surface area (Å²) in [7, 11) is 0. The number of rotatable bonds is 3. The number of nitriles is 1. The number of hydrogen-bond acceptors (Lipinski definition) is 6. The summed E-state index contributed by atoms with van der Waals surface area (Å²) in [5.41, 5.74) is -0.116. The van der Waals surface area contributed by atoms with Crippen LogP contribution in [-0.4, -0.2) is 54.4 Å². The molecule has 102 valence electrons. The Hall–Kier alpha value is -2.24. The Morgan fingerprint density at radius 3 is 2.63 bits per heavy atom. The third-order valence-corrected chi connectivity index (χ3v) is 2.37. The van der Waals surface area contributed by atoms with E-state index < -0.39 is 11.8 Å². The zero-order chi connectivity index (χ0) is 14.3. The van der Waals surface area contributed by atoms with Gasteiger partial charge in [-0.2, -0.15) is 10.3 Å². The molecule has 2 N–H and O–H groups in total. The van der Waals surface area contributed by atoms with Crippen molar-refractivity contribution >= 4 is 18.2 Å². The fourth-order valence-electron chi connectivity index (χ4n) is 1.29. The van der Waals surface area contributed by atoms with E-state index in [1.165, 1.54) is 13.1 Å². The molecule has 0 bridgehead atoms. The first-order valence-electron chi connectivity index (χ1n) is 5.61.